The molecule has 0 aromatic heterocycles. The van der Waals surface area contributed by atoms with Crippen molar-refractivity contribution in [1.29, 1.82) is 0 Å². The van der Waals surface area contributed by atoms with Crippen molar-refractivity contribution in [3.8, 4) is 44.9 Å². The lowest BCUT2D eigenvalue weighted by atomic mass is 9.67. The van der Waals surface area contributed by atoms with Crippen molar-refractivity contribution in [2.75, 3.05) is 26.4 Å². The van der Waals surface area contributed by atoms with E-state index in [4.69, 9.17) is 9.47 Å². The van der Waals surface area contributed by atoms with E-state index in [0.29, 0.717) is 11.5 Å². The van der Waals surface area contributed by atoms with Gasteiger partial charge in [0.15, 0.2) is 0 Å². The van der Waals surface area contributed by atoms with Crippen LogP contribution in [0.5, 0.6) is 11.5 Å². The highest BCUT2D eigenvalue weighted by Gasteiger charge is 2.46. The van der Waals surface area contributed by atoms with E-state index in [1.807, 2.05) is 36.4 Å². The highest BCUT2D eigenvalue weighted by molar-refractivity contribution is 5.87. The van der Waals surface area contributed by atoms with E-state index < -0.39 is 5.41 Å². The van der Waals surface area contributed by atoms with Gasteiger partial charge in [-0.2, -0.15) is 0 Å². The molecule has 0 heterocycles. The quantitative estimate of drug-likeness (QED) is 0.169. The first kappa shape index (κ1) is 28.6. The number of fused-ring (bicyclic) bond motifs is 3. The zero-order chi connectivity index (χ0) is 30.6. The van der Waals surface area contributed by atoms with Crippen molar-refractivity contribution in [2.24, 2.45) is 0 Å². The topological polar surface area (TPSA) is 58.9 Å². The largest absolute Gasteiger partial charge is 0.491 e. The van der Waals surface area contributed by atoms with Gasteiger partial charge in [-0.15, -0.1) is 0 Å². The average molecular weight is 591 g/mol. The average Bonchev–Trinajstić information content (AvgIpc) is 3.41. The Kier molecular flexibility index (Phi) is 7.91. The van der Waals surface area contributed by atoms with Gasteiger partial charge in [-0.05, 0) is 56.6 Å². The molecule has 0 fully saturated rings. The number of rotatable bonds is 10. The zero-order valence-corrected chi connectivity index (χ0v) is 24.9. The Morgan fingerprint density at radius 2 is 0.822 bits per heavy atom. The van der Waals surface area contributed by atoms with E-state index in [0.717, 1.165) is 33.4 Å². The van der Waals surface area contributed by atoms with Gasteiger partial charge in [0, 0.05) is 11.1 Å². The number of hydrogen-bond donors (Lipinski definition) is 2. The molecule has 1 aliphatic carbocycles. The molecule has 0 atom stereocenters. The van der Waals surface area contributed by atoms with Crippen molar-refractivity contribution in [3.05, 3.63) is 168 Å². The maximum absolute atomic E-state index is 9.72. The molecule has 45 heavy (non-hydrogen) atoms. The summed E-state index contributed by atoms with van der Waals surface area (Å²) in [7, 11) is 0. The predicted octanol–water partition coefficient (Wildman–Crippen LogP) is 8.13. The van der Waals surface area contributed by atoms with Gasteiger partial charge in [-0.3, -0.25) is 0 Å². The summed E-state index contributed by atoms with van der Waals surface area (Å²) < 4.78 is 12.5. The minimum atomic E-state index is -0.688. The first-order chi connectivity index (χ1) is 22.3. The lowest BCUT2D eigenvalue weighted by Crippen LogP contribution is -2.29. The molecule has 6 aromatic carbocycles. The second-order valence-corrected chi connectivity index (χ2v) is 11.1. The van der Waals surface area contributed by atoms with Gasteiger partial charge in [-0.25, -0.2) is 0 Å². The Bertz CT molecular complexity index is 1790. The fraction of sp³-hybridized carbons (Fsp3) is 0.122. The SMILES string of the molecule is OCCOc1cc(C2(c3ccc(-c4ccccc4)c(OCCO)c3)c3ccccc3-c3ccccc32)ccc1-c1ccccc1. The maximum atomic E-state index is 9.72. The van der Waals surface area contributed by atoms with Crippen molar-refractivity contribution in [2.45, 2.75) is 5.41 Å². The molecular formula is C41H34O4. The van der Waals surface area contributed by atoms with Crippen LogP contribution in [0.25, 0.3) is 33.4 Å². The molecule has 2 N–H and O–H groups in total. The molecule has 7 rings (SSSR count). The Labute approximate surface area is 263 Å². The lowest BCUT2D eigenvalue weighted by molar-refractivity contribution is 0.201. The highest BCUT2D eigenvalue weighted by Crippen LogP contribution is 2.57. The third-order valence-corrected chi connectivity index (χ3v) is 8.65. The lowest BCUT2D eigenvalue weighted by Gasteiger charge is -2.35. The van der Waals surface area contributed by atoms with Gasteiger partial charge in [-0.1, -0.05) is 133 Å². The van der Waals surface area contributed by atoms with Crippen LogP contribution in [0, 0.1) is 0 Å². The van der Waals surface area contributed by atoms with Crippen LogP contribution in [0.3, 0.4) is 0 Å². The van der Waals surface area contributed by atoms with Crippen molar-refractivity contribution in [3.63, 3.8) is 0 Å². The van der Waals surface area contributed by atoms with Crippen LogP contribution in [-0.4, -0.2) is 36.6 Å². The Balaban J connectivity index is 1.52. The molecular weight excluding hydrogens is 556 g/mol. The van der Waals surface area contributed by atoms with E-state index in [-0.39, 0.29) is 26.4 Å². The Morgan fingerprint density at radius 3 is 1.24 bits per heavy atom. The normalized spacial score (nSPS) is 12.8. The molecule has 0 bridgehead atoms. The predicted molar refractivity (Wildman–Crippen MR) is 180 cm³/mol. The van der Waals surface area contributed by atoms with E-state index in [1.54, 1.807) is 0 Å². The fourth-order valence-corrected chi connectivity index (χ4v) is 6.80. The Hall–Kier alpha value is -5.16. The molecule has 0 unspecified atom stereocenters. The number of aliphatic hydroxyl groups excluding tert-OH is 2. The van der Waals surface area contributed by atoms with Crippen molar-refractivity contribution in [1.82, 2.24) is 0 Å². The molecule has 0 spiro atoms. The zero-order valence-electron chi connectivity index (χ0n) is 24.9. The van der Waals surface area contributed by atoms with Crippen LogP contribution < -0.4 is 9.47 Å². The summed E-state index contributed by atoms with van der Waals surface area (Å²) in [4.78, 5) is 0. The molecule has 1 aliphatic rings. The minimum absolute atomic E-state index is 0.0816. The second kappa shape index (κ2) is 12.4. The number of hydrogen-bond acceptors (Lipinski definition) is 4. The molecule has 0 saturated carbocycles. The first-order valence-electron chi connectivity index (χ1n) is 15.3. The van der Waals surface area contributed by atoms with Gasteiger partial charge >= 0.3 is 0 Å². The summed E-state index contributed by atoms with van der Waals surface area (Å²) in [5.74, 6) is 1.43. The first-order valence-corrected chi connectivity index (χ1v) is 15.3. The Morgan fingerprint density at radius 1 is 0.422 bits per heavy atom. The van der Waals surface area contributed by atoms with Crippen LogP contribution in [0.2, 0.25) is 0 Å². The van der Waals surface area contributed by atoms with Crippen LogP contribution in [0.1, 0.15) is 22.3 Å². The van der Waals surface area contributed by atoms with Gasteiger partial charge in [0.05, 0.1) is 18.6 Å². The van der Waals surface area contributed by atoms with E-state index in [1.165, 1.54) is 22.3 Å². The maximum Gasteiger partial charge on any atom is 0.127 e. The monoisotopic (exact) mass is 590 g/mol. The van der Waals surface area contributed by atoms with Crippen LogP contribution in [0.4, 0.5) is 0 Å². The second-order valence-electron chi connectivity index (χ2n) is 11.1. The van der Waals surface area contributed by atoms with Crippen molar-refractivity contribution >= 4 is 0 Å². The molecule has 0 saturated heterocycles. The summed E-state index contributed by atoms with van der Waals surface area (Å²) in [5, 5.41) is 19.4. The minimum Gasteiger partial charge on any atom is -0.491 e. The van der Waals surface area contributed by atoms with Crippen molar-refractivity contribution < 1.29 is 19.7 Å². The third kappa shape index (κ3) is 4.98. The summed E-state index contributed by atoms with van der Waals surface area (Å²) in [6.07, 6.45) is 0. The van der Waals surface area contributed by atoms with Crippen LogP contribution in [0.15, 0.2) is 146 Å². The molecule has 0 aliphatic heterocycles. The van der Waals surface area contributed by atoms with Crippen LogP contribution in [-0.2, 0) is 5.41 Å². The molecule has 4 heteroatoms. The summed E-state index contributed by atoms with van der Waals surface area (Å²) >= 11 is 0. The van der Waals surface area contributed by atoms with E-state index in [9.17, 15) is 10.2 Å². The standard InChI is InChI=1S/C41H34O4/c42-23-25-44-39-27-31(19-21-33(39)29-11-3-1-4-12-29)41(37-17-9-7-15-35(37)36-16-8-10-18-38(36)41)32-20-22-34(30-13-5-2-6-14-30)40(28-32)45-26-24-43/h1-22,27-28,42-43H,23-26H2. The van der Waals surface area contributed by atoms with E-state index in [2.05, 4.69) is 109 Å². The van der Waals surface area contributed by atoms with Gasteiger partial charge < -0.3 is 19.7 Å². The molecule has 4 nitrogen and oxygen atoms in total. The summed E-state index contributed by atoms with van der Waals surface area (Å²) in [5.41, 5.74) is 10.1. The molecule has 6 aromatic rings. The van der Waals surface area contributed by atoms with Crippen LogP contribution >= 0.6 is 0 Å². The number of benzene rings is 6. The van der Waals surface area contributed by atoms with Gasteiger partial charge in [0.1, 0.15) is 24.7 Å². The summed E-state index contributed by atoms with van der Waals surface area (Å²) in [6, 6.07) is 50.5. The van der Waals surface area contributed by atoms with E-state index >= 15 is 0 Å². The number of ether oxygens (including phenoxy) is 2. The van der Waals surface area contributed by atoms with Gasteiger partial charge in [0.2, 0.25) is 0 Å². The number of aliphatic hydroxyl groups is 2. The van der Waals surface area contributed by atoms with Gasteiger partial charge in [0.25, 0.3) is 0 Å². The highest BCUT2D eigenvalue weighted by atomic mass is 16.5. The fourth-order valence-electron chi connectivity index (χ4n) is 6.80. The molecule has 222 valence electrons. The summed E-state index contributed by atoms with van der Waals surface area (Å²) in [6.45, 7) is 0.215. The molecule has 0 radical (unpaired) electrons. The third-order valence-electron chi connectivity index (χ3n) is 8.65. The smallest absolute Gasteiger partial charge is 0.127 e. The molecule has 0 amide bonds.